The van der Waals surface area contributed by atoms with E-state index in [9.17, 15) is 4.79 Å². The number of aromatic nitrogens is 2. The van der Waals surface area contributed by atoms with Crippen LogP contribution < -0.4 is 5.32 Å². The number of amides is 1. The summed E-state index contributed by atoms with van der Waals surface area (Å²) in [6.07, 6.45) is 0. The van der Waals surface area contributed by atoms with Gasteiger partial charge in [-0.1, -0.05) is 13.8 Å². The largest absolute Gasteiger partial charge is 0.355 e. The first-order chi connectivity index (χ1) is 6.49. The average molecular weight is 195 g/mol. The van der Waals surface area contributed by atoms with Crippen molar-refractivity contribution in [1.82, 2.24) is 15.1 Å². The Kier molecular flexibility index (Phi) is 2.93. The summed E-state index contributed by atoms with van der Waals surface area (Å²) < 4.78 is 1.75. The van der Waals surface area contributed by atoms with Crippen LogP contribution in [0.4, 0.5) is 0 Å². The van der Waals surface area contributed by atoms with E-state index >= 15 is 0 Å². The maximum atomic E-state index is 11.6. The Morgan fingerprint density at radius 2 is 2.07 bits per heavy atom. The molecule has 14 heavy (non-hydrogen) atoms. The highest BCUT2D eigenvalue weighted by Gasteiger charge is 2.20. The number of carbonyl (C=O) groups is 1. The number of carbonyl (C=O) groups excluding carboxylic acids is 1. The minimum absolute atomic E-state index is 0.0562. The van der Waals surface area contributed by atoms with Gasteiger partial charge in [-0.05, 0) is 12.8 Å². The van der Waals surface area contributed by atoms with Gasteiger partial charge >= 0.3 is 0 Å². The molecule has 1 N–H and O–H groups in total. The maximum absolute atomic E-state index is 11.6. The summed E-state index contributed by atoms with van der Waals surface area (Å²) in [5.74, 6) is 0.210. The smallest absolute Gasteiger partial charge is 0.254 e. The molecule has 0 spiro atoms. The Morgan fingerprint density at radius 1 is 1.50 bits per heavy atom. The molecule has 4 heteroatoms. The molecule has 0 saturated carbocycles. The fraction of sp³-hybridized carbons (Fsp3) is 0.600. The highest BCUT2D eigenvalue weighted by Crippen LogP contribution is 2.20. The average Bonchev–Trinajstić information content (AvgIpc) is 2.43. The fourth-order valence-electron chi connectivity index (χ4n) is 1.44. The van der Waals surface area contributed by atoms with Gasteiger partial charge in [0.2, 0.25) is 0 Å². The zero-order valence-electron chi connectivity index (χ0n) is 9.38. The van der Waals surface area contributed by atoms with Crippen molar-refractivity contribution in [2.75, 3.05) is 7.05 Å². The van der Waals surface area contributed by atoms with Crippen LogP contribution in [0.3, 0.4) is 0 Å². The summed E-state index contributed by atoms with van der Waals surface area (Å²) >= 11 is 0. The molecule has 0 bridgehead atoms. The van der Waals surface area contributed by atoms with E-state index in [1.165, 1.54) is 0 Å². The number of aryl methyl sites for hydroxylation is 1. The molecule has 0 aromatic carbocycles. The lowest BCUT2D eigenvalue weighted by molar-refractivity contribution is 0.0961. The Balaban J connectivity index is 3.30. The number of nitrogens with zero attached hydrogens (tertiary/aromatic N) is 2. The predicted octanol–water partition coefficient (Wildman–Crippen LogP) is 1.21. The Labute approximate surface area is 84.3 Å². The molecule has 0 atom stereocenters. The molecule has 1 aromatic heterocycles. The van der Waals surface area contributed by atoms with Gasteiger partial charge in [-0.2, -0.15) is 5.10 Å². The summed E-state index contributed by atoms with van der Waals surface area (Å²) in [6, 6.07) is 0. The Morgan fingerprint density at radius 3 is 2.50 bits per heavy atom. The molecule has 1 aromatic rings. The number of rotatable bonds is 2. The van der Waals surface area contributed by atoms with E-state index < -0.39 is 0 Å². The molecule has 0 saturated heterocycles. The minimum atomic E-state index is -0.0562. The van der Waals surface area contributed by atoms with E-state index in [4.69, 9.17) is 0 Å². The lowest BCUT2D eigenvalue weighted by Gasteiger charge is -2.04. The van der Waals surface area contributed by atoms with Crippen molar-refractivity contribution in [2.24, 2.45) is 7.05 Å². The van der Waals surface area contributed by atoms with Gasteiger partial charge in [0.05, 0.1) is 11.3 Å². The predicted molar refractivity (Wildman–Crippen MR) is 55.4 cm³/mol. The third-order valence-corrected chi connectivity index (χ3v) is 2.36. The molecule has 0 aliphatic carbocycles. The number of hydrogen-bond donors (Lipinski definition) is 1. The van der Waals surface area contributed by atoms with E-state index in [0.717, 1.165) is 11.4 Å². The second-order valence-electron chi connectivity index (χ2n) is 3.70. The standard InChI is InChI=1S/C10H17N3O/c1-6(2)9-8(10(14)11-4)7(3)13(5)12-9/h6H,1-5H3,(H,11,14). The van der Waals surface area contributed by atoms with Crippen molar-refractivity contribution >= 4 is 5.91 Å². The van der Waals surface area contributed by atoms with Gasteiger partial charge in [0.25, 0.3) is 5.91 Å². The van der Waals surface area contributed by atoms with Crippen LogP contribution in [0.25, 0.3) is 0 Å². The highest BCUT2D eigenvalue weighted by molar-refractivity contribution is 5.96. The van der Waals surface area contributed by atoms with Crippen LogP contribution in [0, 0.1) is 6.92 Å². The van der Waals surface area contributed by atoms with Crippen molar-refractivity contribution in [3.63, 3.8) is 0 Å². The molecule has 78 valence electrons. The van der Waals surface area contributed by atoms with Crippen LogP contribution in [0.1, 0.15) is 41.5 Å². The molecular formula is C10H17N3O. The van der Waals surface area contributed by atoms with Gasteiger partial charge in [0, 0.05) is 19.8 Å². The molecule has 1 amide bonds. The van der Waals surface area contributed by atoms with E-state index in [1.54, 1.807) is 11.7 Å². The first-order valence-corrected chi connectivity index (χ1v) is 4.74. The van der Waals surface area contributed by atoms with Crippen LogP contribution in [-0.2, 0) is 7.05 Å². The van der Waals surface area contributed by atoms with E-state index in [-0.39, 0.29) is 11.8 Å². The van der Waals surface area contributed by atoms with Crippen molar-refractivity contribution in [3.05, 3.63) is 17.0 Å². The summed E-state index contributed by atoms with van der Waals surface area (Å²) in [5.41, 5.74) is 2.49. The van der Waals surface area contributed by atoms with Crippen molar-refractivity contribution in [1.29, 1.82) is 0 Å². The number of hydrogen-bond acceptors (Lipinski definition) is 2. The van der Waals surface area contributed by atoms with Crippen LogP contribution >= 0.6 is 0 Å². The fourth-order valence-corrected chi connectivity index (χ4v) is 1.44. The molecular weight excluding hydrogens is 178 g/mol. The Bertz CT molecular complexity index is 352. The third kappa shape index (κ3) is 1.64. The second kappa shape index (κ2) is 3.82. The van der Waals surface area contributed by atoms with Crippen molar-refractivity contribution in [3.8, 4) is 0 Å². The molecule has 4 nitrogen and oxygen atoms in total. The van der Waals surface area contributed by atoms with Crippen LogP contribution in [0.2, 0.25) is 0 Å². The first kappa shape index (κ1) is 10.8. The molecule has 1 rings (SSSR count). The van der Waals surface area contributed by atoms with E-state index in [0.29, 0.717) is 5.56 Å². The summed E-state index contributed by atoms with van der Waals surface area (Å²) in [7, 11) is 3.49. The molecule has 0 unspecified atom stereocenters. The summed E-state index contributed by atoms with van der Waals surface area (Å²) in [6.45, 7) is 5.98. The van der Waals surface area contributed by atoms with Gasteiger partial charge in [0.15, 0.2) is 0 Å². The van der Waals surface area contributed by atoms with Crippen LogP contribution in [0.5, 0.6) is 0 Å². The zero-order valence-corrected chi connectivity index (χ0v) is 9.38. The van der Waals surface area contributed by atoms with Gasteiger partial charge in [-0.25, -0.2) is 0 Å². The van der Waals surface area contributed by atoms with Gasteiger partial charge in [-0.3, -0.25) is 9.48 Å². The van der Waals surface area contributed by atoms with Gasteiger partial charge in [-0.15, -0.1) is 0 Å². The van der Waals surface area contributed by atoms with Gasteiger partial charge < -0.3 is 5.32 Å². The quantitative estimate of drug-likeness (QED) is 0.771. The Hall–Kier alpha value is -1.32. The SMILES string of the molecule is CNC(=O)c1c(C(C)C)nn(C)c1C. The minimum Gasteiger partial charge on any atom is -0.355 e. The molecule has 0 fully saturated rings. The van der Waals surface area contributed by atoms with Crippen LogP contribution in [-0.4, -0.2) is 22.7 Å². The normalized spacial score (nSPS) is 10.7. The van der Waals surface area contributed by atoms with E-state index in [1.807, 2.05) is 27.8 Å². The lowest BCUT2D eigenvalue weighted by atomic mass is 10.0. The topological polar surface area (TPSA) is 46.9 Å². The summed E-state index contributed by atoms with van der Waals surface area (Å²) in [4.78, 5) is 11.6. The van der Waals surface area contributed by atoms with E-state index in [2.05, 4.69) is 10.4 Å². The second-order valence-corrected chi connectivity index (χ2v) is 3.70. The summed E-state index contributed by atoms with van der Waals surface area (Å²) in [5, 5.41) is 6.97. The van der Waals surface area contributed by atoms with Crippen LogP contribution in [0.15, 0.2) is 0 Å². The maximum Gasteiger partial charge on any atom is 0.254 e. The first-order valence-electron chi connectivity index (χ1n) is 4.74. The van der Waals surface area contributed by atoms with Gasteiger partial charge in [0.1, 0.15) is 0 Å². The lowest BCUT2D eigenvalue weighted by Crippen LogP contribution is -2.20. The highest BCUT2D eigenvalue weighted by atomic mass is 16.1. The van der Waals surface area contributed by atoms with Crippen molar-refractivity contribution < 1.29 is 4.79 Å². The number of nitrogens with one attached hydrogen (secondary N) is 1. The monoisotopic (exact) mass is 195 g/mol. The molecule has 1 heterocycles. The van der Waals surface area contributed by atoms with Crippen molar-refractivity contribution in [2.45, 2.75) is 26.7 Å². The molecule has 0 aliphatic rings. The molecule has 0 aliphatic heterocycles. The molecule has 0 radical (unpaired) electrons. The third-order valence-electron chi connectivity index (χ3n) is 2.36. The zero-order chi connectivity index (χ0) is 10.9.